The lowest BCUT2D eigenvalue weighted by atomic mass is 10.1. The maximum atomic E-state index is 11.6. The number of carbonyl (C=O) groups excluding carboxylic acids is 1. The van der Waals surface area contributed by atoms with Crippen molar-refractivity contribution < 1.29 is 14.7 Å². The number of nitrogens with two attached hydrogens (primary N) is 2. The summed E-state index contributed by atoms with van der Waals surface area (Å²) in [4.78, 5) is 22.1. The summed E-state index contributed by atoms with van der Waals surface area (Å²) >= 11 is 0. The van der Waals surface area contributed by atoms with Crippen LogP contribution in [0.5, 0.6) is 0 Å². The molecule has 0 spiro atoms. The molecule has 0 saturated carbocycles. The van der Waals surface area contributed by atoms with Gasteiger partial charge in [-0.3, -0.25) is 9.59 Å². The van der Waals surface area contributed by atoms with Crippen LogP contribution >= 0.6 is 0 Å². The van der Waals surface area contributed by atoms with Gasteiger partial charge in [-0.05, 0) is 25.1 Å². The first kappa shape index (κ1) is 11.8. The number of rotatable bonds is 3. The number of hydrogen-bond acceptors (Lipinski definition) is 4. The first-order chi connectivity index (χ1) is 7.41. The first-order valence-corrected chi connectivity index (χ1v) is 4.60. The molecule has 6 N–H and O–H groups in total. The maximum Gasteiger partial charge on any atom is 0.325 e. The summed E-state index contributed by atoms with van der Waals surface area (Å²) in [5.74, 6) is -1.60. The molecule has 1 aromatic carbocycles. The minimum absolute atomic E-state index is 0.278. The fraction of sp³-hybridized carbons (Fsp3) is 0.200. The number of aliphatic carboxylic acids is 1. The minimum Gasteiger partial charge on any atom is -0.480 e. The van der Waals surface area contributed by atoms with E-state index < -0.39 is 17.9 Å². The molecule has 0 fully saturated rings. The molecule has 1 amide bonds. The number of carboxylic acid groups (broad SMARTS) is 1. The highest BCUT2D eigenvalue weighted by Crippen LogP contribution is 2.15. The number of carbonyl (C=O) groups is 2. The molecule has 1 atom stereocenters. The van der Waals surface area contributed by atoms with E-state index in [1.165, 1.54) is 25.1 Å². The average Bonchev–Trinajstić information content (AvgIpc) is 2.21. The number of nitrogens with one attached hydrogen (secondary N) is 1. The second-order valence-electron chi connectivity index (χ2n) is 3.38. The van der Waals surface area contributed by atoms with Crippen molar-refractivity contribution >= 4 is 23.3 Å². The summed E-state index contributed by atoms with van der Waals surface area (Å²) in [5.41, 5.74) is 12.0. The summed E-state index contributed by atoms with van der Waals surface area (Å²) in [6, 6.07) is 3.43. The highest BCUT2D eigenvalue weighted by atomic mass is 16.4. The SMILES string of the molecule is CC(NC(=O)c1ccc(N)c(N)c1)C(=O)O. The van der Waals surface area contributed by atoms with Gasteiger partial charge in [0.1, 0.15) is 6.04 Å². The molecule has 6 heteroatoms. The molecular formula is C10H13N3O3. The van der Waals surface area contributed by atoms with Gasteiger partial charge in [0.05, 0.1) is 11.4 Å². The summed E-state index contributed by atoms with van der Waals surface area (Å²) in [6.07, 6.45) is 0. The molecule has 86 valence electrons. The van der Waals surface area contributed by atoms with Gasteiger partial charge in [-0.1, -0.05) is 0 Å². The maximum absolute atomic E-state index is 11.6. The predicted molar refractivity (Wildman–Crippen MR) is 59.8 cm³/mol. The predicted octanol–water partition coefficient (Wildman–Crippen LogP) is 0.0539. The van der Waals surface area contributed by atoms with Crippen molar-refractivity contribution in [3.63, 3.8) is 0 Å². The Kier molecular flexibility index (Phi) is 3.34. The second-order valence-corrected chi connectivity index (χ2v) is 3.38. The number of amides is 1. The fourth-order valence-electron chi connectivity index (χ4n) is 1.06. The number of carboxylic acids is 1. The van der Waals surface area contributed by atoms with Crippen LogP contribution < -0.4 is 16.8 Å². The van der Waals surface area contributed by atoms with E-state index in [0.717, 1.165) is 0 Å². The third-order valence-electron chi connectivity index (χ3n) is 2.07. The number of hydrogen-bond donors (Lipinski definition) is 4. The molecule has 1 rings (SSSR count). The van der Waals surface area contributed by atoms with Crippen LogP contribution in [0.1, 0.15) is 17.3 Å². The van der Waals surface area contributed by atoms with E-state index in [2.05, 4.69) is 5.32 Å². The fourth-order valence-corrected chi connectivity index (χ4v) is 1.06. The average molecular weight is 223 g/mol. The quantitative estimate of drug-likeness (QED) is 0.540. The highest BCUT2D eigenvalue weighted by molar-refractivity contribution is 5.97. The third kappa shape index (κ3) is 2.63. The van der Waals surface area contributed by atoms with Gasteiger partial charge in [-0.2, -0.15) is 0 Å². The lowest BCUT2D eigenvalue weighted by Gasteiger charge is -2.10. The molecule has 0 aromatic heterocycles. The molecule has 0 radical (unpaired) electrons. The van der Waals surface area contributed by atoms with E-state index in [4.69, 9.17) is 16.6 Å². The number of nitrogen functional groups attached to an aromatic ring is 2. The standard InChI is InChI=1S/C10H13N3O3/c1-5(10(15)16)13-9(14)6-2-3-7(11)8(12)4-6/h2-5H,11-12H2,1H3,(H,13,14)(H,15,16). The minimum atomic E-state index is -1.10. The highest BCUT2D eigenvalue weighted by Gasteiger charge is 2.15. The molecule has 1 aromatic rings. The van der Waals surface area contributed by atoms with E-state index in [1.54, 1.807) is 0 Å². The van der Waals surface area contributed by atoms with Crippen molar-refractivity contribution in [3.05, 3.63) is 23.8 Å². The zero-order valence-corrected chi connectivity index (χ0v) is 8.73. The largest absolute Gasteiger partial charge is 0.480 e. The molecule has 0 bridgehead atoms. The van der Waals surface area contributed by atoms with Gasteiger partial charge >= 0.3 is 5.97 Å². The van der Waals surface area contributed by atoms with E-state index in [0.29, 0.717) is 5.69 Å². The van der Waals surface area contributed by atoms with Gasteiger partial charge in [-0.25, -0.2) is 0 Å². The number of benzene rings is 1. The zero-order valence-electron chi connectivity index (χ0n) is 8.73. The molecule has 0 aliphatic carbocycles. The Hall–Kier alpha value is -2.24. The Morgan fingerprint density at radius 1 is 1.31 bits per heavy atom. The normalized spacial score (nSPS) is 11.8. The van der Waals surface area contributed by atoms with Gasteiger partial charge in [0, 0.05) is 5.56 Å². The summed E-state index contributed by atoms with van der Waals surface area (Å²) in [7, 11) is 0. The molecule has 0 aliphatic rings. The lowest BCUT2D eigenvalue weighted by molar-refractivity contribution is -0.138. The van der Waals surface area contributed by atoms with Crippen molar-refractivity contribution in [1.29, 1.82) is 0 Å². The summed E-state index contributed by atoms with van der Waals surface area (Å²) in [5, 5.41) is 10.9. The van der Waals surface area contributed by atoms with Crippen molar-refractivity contribution in [2.45, 2.75) is 13.0 Å². The first-order valence-electron chi connectivity index (χ1n) is 4.60. The monoisotopic (exact) mass is 223 g/mol. The Morgan fingerprint density at radius 2 is 1.94 bits per heavy atom. The Labute approximate surface area is 92.2 Å². The lowest BCUT2D eigenvalue weighted by Crippen LogP contribution is -2.38. The van der Waals surface area contributed by atoms with Crippen LogP contribution in [0.25, 0.3) is 0 Å². The molecule has 6 nitrogen and oxygen atoms in total. The second kappa shape index (κ2) is 4.52. The third-order valence-corrected chi connectivity index (χ3v) is 2.07. The Balaban J connectivity index is 2.81. The van der Waals surface area contributed by atoms with Gasteiger partial charge < -0.3 is 21.9 Å². The molecular weight excluding hydrogens is 210 g/mol. The van der Waals surface area contributed by atoms with Gasteiger partial charge in [0.2, 0.25) is 0 Å². The smallest absolute Gasteiger partial charge is 0.325 e. The molecule has 0 saturated heterocycles. The van der Waals surface area contributed by atoms with Crippen LogP contribution in [-0.4, -0.2) is 23.0 Å². The van der Waals surface area contributed by atoms with Crippen molar-refractivity contribution in [2.24, 2.45) is 0 Å². The van der Waals surface area contributed by atoms with Crippen LogP contribution in [0.15, 0.2) is 18.2 Å². The molecule has 16 heavy (non-hydrogen) atoms. The molecule has 0 heterocycles. The Bertz CT molecular complexity index is 431. The van der Waals surface area contributed by atoms with Crippen molar-refractivity contribution in [3.8, 4) is 0 Å². The van der Waals surface area contributed by atoms with E-state index in [1.807, 2.05) is 0 Å². The molecule has 0 aliphatic heterocycles. The van der Waals surface area contributed by atoms with Gasteiger partial charge in [0.25, 0.3) is 5.91 Å². The van der Waals surface area contributed by atoms with Crippen molar-refractivity contribution in [2.75, 3.05) is 11.5 Å². The van der Waals surface area contributed by atoms with Crippen LogP contribution in [-0.2, 0) is 4.79 Å². The molecule has 1 unspecified atom stereocenters. The van der Waals surface area contributed by atoms with Gasteiger partial charge in [0.15, 0.2) is 0 Å². The van der Waals surface area contributed by atoms with Crippen LogP contribution in [0.2, 0.25) is 0 Å². The van der Waals surface area contributed by atoms with E-state index >= 15 is 0 Å². The van der Waals surface area contributed by atoms with Crippen molar-refractivity contribution in [1.82, 2.24) is 5.32 Å². The van der Waals surface area contributed by atoms with Crippen LogP contribution in [0.4, 0.5) is 11.4 Å². The number of anilines is 2. The summed E-state index contributed by atoms with van der Waals surface area (Å²) in [6.45, 7) is 1.38. The van der Waals surface area contributed by atoms with Crippen LogP contribution in [0, 0.1) is 0 Å². The van der Waals surface area contributed by atoms with Gasteiger partial charge in [-0.15, -0.1) is 0 Å². The summed E-state index contributed by atoms with van der Waals surface area (Å²) < 4.78 is 0. The zero-order chi connectivity index (χ0) is 12.3. The topological polar surface area (TPSA) is 118 Å². The van der Waals surface area contributed by atoms with E-state index in [-0.39, 0.29) is 11.3 Å². The van der Waals surface area contributed by atoms with Crippen LogP contribution in [0.3, 0.4) is 0 Å². The Morgan fingerprint density at radius 3 is 2.44 bits per heavy atom. The van der Waals surface area contributed by atoms with E-state index in [9.17, 15) is 9.59 Å².